The van der Waals surface area contributed by atoms with Crippen molar-refractivity contribution in [1.29, 1.82) is 0 Å². The van der Waals surface area contributed by atoms with Gasteiger partial charge in [0.1, 0.15) is 0 Å². The number of anilines is 1. The Hall–Kier alpha value is -1.61. The fourth-order valence-electron chi connectivity index (χ4n) is 2.63. The van der Waals surface area contributed by atoms with Crippen LogP contribution in [0.1, 0.15) is 6.42 Å². The molecule has 1 fully saturated rings. The molecule has 2 heterocycles. The molecule has 2 aromatic rings. The van der Waals surface area contributed by atoms with Crippen molar-refractivity contribution in [3.8, 4) is 0 Å². The van der Waals surface area contributed by atoms with Crippen molar-refractivity contribution < 1.29 is 0 Å². The lowest BCUT2D eigenvalue weighted by Crippen LogP contribution is -2.22. The maximum Gasteiger partial charge on any atom is 0.0447 e. The Morgan fingerprint density at radius 1 is 1.35 bits per heavy atom. The molecule has 88 valence electrons. The standard InChI is InChI=1S/C14H17N3/c15-8-11-5-7-17(10-11)14-3-1-2-12-9-16-6-4-13(12)14/h1-4,6,9,11H,5,7-8,10,15H2. The van der Waals surface area contributed by atoms with Crippen molar-refractivity contribution in [2.24, 2.45) is 11.7 Å². The first-order valence-electron chi connectivity index (χ1n) is 6.16. The summed E-state index contributed by atoms with van der Waals surface area (Å²) in [6, 6.07) is 8.51. The zero-order valence-electron chi connectivity index (χ0n) is 9.84. The first-order valence-corrected chi connectivity index (χ1v) is 6.16. The lowest BCUT2D eigenvalue weighted by Gasteiger charge is -2.20. The molecule has 1 aliphatic rings. The molecule has 3 nitrogen and oxygen atoms in total. The van der Waals surface area contributed by atoms with E-state index in [1.54, 1.807) is 0 Å². The van der Waals surface area contributed by atoms with E-state index in [-0.39, 0.29) is 0 Å². The molecular formula is C14H17N3. The summed E-state index contributed by atoms with van der Waals surface area (Å²) in [5, 5.41) is 2.50. The van der Waals surface area contributed by atoms with E-state index >= 15 is 0 Å². The second kappa shape index (κ2) is 4.34. The normalized spacial score (nSPS) is 20.1. The van der Waals surface area contributed by atoms with Gasteiger partial charge in [0.25, 0.3) is 0 Å². The van der Waals surface area contributed by atoms with E-state index in [1.807, 2.05) is 12.4 Å². The Bertz CT molecular complexity index is 518. The highest BCUT2D eigenvalue weighted by Gasteiger charge is 2.22. The summed E-state index contributed by atoms with van der Waals surface area (Å²) in [5.74, 6) is 0.645. The molecule has 1 aromatic heterocycles. The smallest absolute Gasteiger partial charge is 0.0447 e. The topological polar surface area (TPSA) is 42.1 Å². The summed E-state index contributed by atoms with van der Waals surface area (Å²) in [4.78, 5) is 6.62. The van der Waals surface area contributed by atoms with E-state index in [9.17, 15) is 0 Å². The molecule has 0 bridgehead atoms. The third-order valence-electron chi connectivity index (χ3n) is 3.62. The number of nitrogens with two attached hydrogens (primary N) is 1. The number of fused-ring (bicyclic) bond motifs is 1. The van der Waals surface area contributed by atoms with Gasteiger partial charge >= 0.3 is 0 Å². The van der Waals surface area contributed by atoms with Crippen molar-refractivity contribution in [3.63, 3.8) is 0 Å². The number of hydrogen-bond donors (Lipinski definition) is 1. The van der Waals surface area contributed by atoms with Gasteiger partial charge in [0.2, 0.25) is 0 Å². The zero-order chi connectivity index (χ0) is 11.7. The molecule has 3 heteroatoms. The molecule has 1 atom stereocenters. The van der Waals surface area contributed by atoms with Gasteiger partial charge in [-0.1, -0.05) is 12.1 Å². The molecule has 1 saturated heterocycles. The Kier molecular flexibility index (Phi) is 2.69. The van der Waals surface area contributed by atoms with Crippen LogP contribution < -0.4 is 10.6 Å². The van der Waals surface area contributed by atoms with E-state index in [0.717, 1.165) is 19.6 Å². The van der Waals surface area contributed by atoms with Gasteiger partial charge in [-0.3, -0.25) is 4.98 Å². The lowest BCUT2D eigenvalue weighted by molar-refractivity contribution is 0.603. The summed E-state index contributed by atoms with van der Waals surface area (Å²) in [7, 11) is 0. The minimum atomic E-state index is 0.645. The van der Waals surface area contributed by atoms with E-state index in [1.165, 1.54) is 22.9 Å². The predicted octanol–water partition coefficient (Wildman–Crippen LogP) is 2.02. The third kappa shape index (κ3) is 1.87. The summed E-state index contributed by atoms with van der Waals surface area (Å²) in [6.45, 7) is 2.99. The molecule has 0 amide bonds. The maximum absolute atomic E-state index is 5.75. The van der Waals surface area contributed by atoms with Gasteiger partial charge in [0.05, 0.1) is 0 Å². The van der Waals surface area contributed by atoms with Gasteiger partial charge in [-0.15, -0.1) is 0 Å². The van der Waals surface area contributed by atoms with Crippen LogP contribution in [0.3, 0.4) is 0 Å². The van der Waals surface area contributed by atoms with E-state index in [2.05, 4.69) is 34.1 Å². The summed E-state index contributed by atoms with van der Waals surface area (Å²) in [6.07, 6.45) is 5.00. The van der Waals surface area contributed by atoms with Gasteiger partial charge < -0.3 is 10.6 Å². The maximum atomic E-state index is 5.75. The van der Waals surface area contributed by atoms with E-state index in [0.29, 0.717) is 5.92 Å². The fraction of sp³-hybridized carbons (Fsp3) is 0.357. The van der Waals surface area contributed by atoms with Crippen molar-refractivity contribution in [2.75, 3.05) is 24.5 Å². The van der Waals surface area contributed by atoms with Crippen LogP contribution in [0.5, 0.6) is 0 Å². The average molecular weight is 227 g/mol. The number of pyridine rings is 1. The molecule has 2 N–H and O–H groups in total. The highest BCUT2D eigenvalue weighted by molar-refractivity contribution is 5.93. The van der Waals surface area contributed by atoms with Gasteiger partial charge in [-0.25, -0.2) is 0 Å². The summed E-state index contributed by atoms with van der Waals surface area (Å²) >= 11 is 0. The molecular weight excluding hydrogens is 210 g/mol. The number of benzene rings is 1. The fourth-order valence-corrected chi connectivity index (χ4v) is 2.63. The van der Waals surface area contributed by atoms with Crippen LogP contribution in [-0.2, 0) is 0 Å². The number of aromatic nitrogens is 1. The summed E-state index contributed by atoms with van der Waals surface area (Å²) < 4.78 is 0. The van der Waals surface area contributed by atoms with Crippen molar-refractivity contribution in [1.82, 2.24) is 4.98 Å². The molecule has 0 spiro atoms. The lowest BCUT2D eigenvalue weighted by atomic mass is 10.1. The molecule has 0 saturated carbocycles. The van der Waals surface area contributed by atoms with Crippen molar-refractivity contribution in [3.05, 3.63) is 36.7 Å². The van der Waals surface area contributed by atoms with Crippen molar-refractivity contribution in [2.45, 2.75) is 6.42 Å². The molecule has 17 heavy (non-hydrogen) atoms. The highest BCUT2D eigenvalue weighted by atomic mass is 15.2. The Labute approximate surface area is 101 Å². The Balaban J connectivity index is 2.00. The Morgan fingerprint density at radius 2 is 2.29 bits per heavy atom. The first-order chi connectivity index (χ1) is 8.38. The minimum absolute atomic E-state index is 0.645. The second-order valence-corrected chi connectivity index (χ2v) is 4.71. The molecule has 1 unspecified atom stereocenters. The van der Waals surface area contributed by atoms with Gasteiger partial charge in [0.15, 0.2) is 0 Å². The van der Waals surface area contributed by atoms with Gasteiger partial charge in [0, 0.05) is 41.9 Å². The van der Waals surface area contributed by atoms with Crippen molar-refractivity contribution >= 4 is 16.5 Å². The molecule has 0 aliphatic carbocycles. The molecule has 1 aliphatic heterocycles. The SMILES string of the molecule is NCC1CCN(c2cccc3cnccc23)C1. The predicted molar refractivity (Wildman–Crippen MR) is 71.1 cm³/mol. The molecule has 3 rings (SSSR count). The average Bonchev–Trinajstić information content (AvgIpc) is 2.87. The molecule has 1 aromatic carbocycles. The first kappa shape index (κ1) is 10.5. The van der Waals surface area contributed by atoms with Crippen LogP contribution in [0.4, 0.5) is 5.69 Å². The van der Waals surface area contributed by atoms with Gasteiger partial charge in [-0.2, -0.15) is 0 Å². The number of rotatable bonds is 2. The van der Waals surface area contributed by atoms with Crippen LogP contribution in [0.2, 0.25) is 0 Å². The van der Waals surface area contributed by atoms with Crippen LogP contribution in [-0.4, -0.2) is 24.6 Å². The second-order valence-electron chi connectivity index (χ2n) is 4.71. The minimum Gasteiger partial charge on any atom is -0.371 e. The van der Waals surface area contributed by atoms with Crippen LogP contribution in [0.15, 0.2) is 36.7 Å². The van der Waals surface area contributed by atoms with Crippen LogP contribution in [0, 0.1) is 5.92 Å². The van der Waals surface area contributed by atoms with Gasteiger partial charge in [-0.05, 0) is 31.0 Å². The van der Waals surface area contributed by atoms with Crippen LogP contribution >= 0.6 is 0 Å². The van der Waals surface area contributed by atoms with E-state index in [4.69, 9.17) is 5.73 Å². The molecule has 0 radical (unpaired) electrons. The number of hydrogen-bond acceptors (Lipinski definition) is 3. The largest absolute Gasteiger partial charge is 0.371 e. The monoisotopic (exact) mass is 227 g/mol. The number of nitrogens with zero attached hydrogens (tertiary/aromatic N) is 2. The van der Waals surface area contributed by atoms with Crippen LogP contribution in [0.25, 0.3) is 10.8 Å². The Morgan fingerprint density at radius 3 is 3.12 bits per heavy atom. The zero-order valence-corrected chi connectivity index (χ0v) is 9.84. The van der Waals surface area contributed by atoms with E-state index < -0.39 is 0 Å². The highest BCUT2D eigenvalue weighted by Crippen LogP contribution is 2.30. The quantitative estimate of drug-likeness (QED) is 0.853. The summed E-state index contributed by atoms with van der Waals surface area (Å²) in [5.41, 5.74) is 7.07. The third-order valence-corrected chi connectivity index (χ3v) is 3.62.